The molecule has 0 radical (unpaired) electrons. The Hall–Kier alpha value is -3.41. The molecule has 1 aliphatic rings. The Morgan fingerprint density at radius 3 is 2.34 bits per heavy atom. The third-order valence-corrected chi connectivity index (χ3v) is 5.10. The number of anilines is 2. The average molecular weight is 388 g/mol. The molecule has 6 nitrogen and oxygen atoms in total. The Labute approximate surface area is 169 Å². The SMILES string of the molecule is O=C(Cn1nc(-c2ccc(N3CCCCC3)cc2)ccc1=O)Nc1ccccc1. The fourth-order valence-electron chi connectivity index (χ4n) is 3.57. The summed E-state index contributed by atoms with van der Waals surface area (Å²) in [5, 5.41) is 7.17. The number of rotatable bonds is 5. The lowest BCUT2D eigenvalue weighted by atomic mass is 10.1. The van der Waals surface area contributed by atoms with Gasteiger partial charge in [0.15, 0.2) is 0 Å². The molecule has 0 saturated carbocycles. The maximum atomic E-state index is 12.3. The maximum Gasteiger partial charge on any atom is 0.267 e. The fourth-order valence-corrected chi connectivity index (χ4v) is 3.57. The molecule has 148 valence electrons. The van der Waals surface area contributed by atoms with Crippen LogP contribution in [0.2, 0.25) is 0 Å². The Bertz CT molecular complexity index is 1020. The molecular formula is C23H24N4O2. The van der Waals surface area contributed by atoms with Gasteiger partial charge in [-0.1, -0.05) is 30.3 Å². The van der Waals surface area contributed by atoms with Gasteiger partial charge in [-0.05, 0) is 49.6 Å². The number of nitrogens with one attached hydrogen (secondary N) is 1. The number of hydrogen-bond acceptors (Lipinski definition) is 4. The fraction of sp³-hybridized carbons (Fsp3) is 0.261. The average Bonchev–Trinajstić information content (AvgIpc) is 2.77. The van der Waals surface area contributed by atoms with Crippen molar-refractivity contribution in [3.8, 4) is 11.3 Å². The summed E-state index contributed by atoms with van der Waals surface area (Å²) < 4.78 is 1.20. The largest absolute Gasteiger partial charge is 0.372 e. The molecule has 1 saturated heterocycles. The topological polar surface area (TPSA) is 67.2 Å². The van der Waals surface area contributed by atoms with Gasteiger partial charge in [-0.25, -0.2) is 4.68 Å². The van der Waals surface area contributed by atoms with Gasteiger partial charge in [0.2, 0.25) is 5.91 Å². The van der Waals surface area contributed by atoms with Gasteiger partial charge >= 0.3 is 0 Å². The molecule has 2 aromatic carbocycles. The van der Waals surface area contributed by atoms with Gasteiger partial charge in [-0.2, -0.15) is 5.10 Å². The summed E-state index contributed by atoms with van der Waals surface area (Å²) >= 11 is 0. The quantitative estimate of drug-likeness (QED) is 0.726. The lowest BCUT2D eigenvalue weighted by molar-refractivity contribution is -0.117. The van der Waals surface area contributed by atoms with Gasteiger partial charge in [0.25, 0.3) is 5.56 Å². The number of carbonyl (C=O) groups is 1. The number of piperidine rings is 1. The van der Waals surface area contributed by atoms with E-state index in [-0.39, 0.29) is 18.0 Å². The van der Waals surface area contributed by atoms with Crippen LogP contribution in [0.1, 0.15) is 19.3 Å². The Balaban J connectivity index is 1.49. The van der Waals surface area contributed by atoms with E-state index in [0.717, 1.165) is 18.7 Å². The normalized spacial score (nSPS) is 13.9. The lowest BCUT2D eigenvalue weighted by Crippen LogP contribution is -2.29. The number of aromatic nitrogens is 2. The van der Waals surface area contributed by atoms with E-state index >= 15 is 0 Å². The molecule has 2 heterocycles. The Morgan fingerprint density at radius 1 is 0.897 bits per heavy atom. The van der Waals surface area contributed by atoms with E-state index in [0.29, 0.717) is 11.4 Å². The molecule has 1 aromatic heterocycles. The molecule has 0 bridgehead atoms. The summed E-state index contributed by atoms with van der Waals surface area (Å²) in [7, 11) is 0. The molecule has 4 rings (SSSR count). The van der Waals surface area contributed by atoms with Crippen molar-refractivity contribution >= 4 is 17.3 Å². The highest BCUT2D eigenvalue weighted by atomic mass is 16.2. The monoisotopic (exact) mass is 388 g/mol. The summed E-state index contributed by atoms with van der Waals surface area (Å²) in [5.41, 5.74) is 3.19. The van der Waals surface area contributed by atoms with Gasteiger partial charge in [-0.3, -0.25) is 9.59 Å². The molecular weight excluding hydrogens is 364 g/mol. The van der Waals surface area contributed by atoms with Crippen LogP contribution in [0.25, 0.3) is 11.3 Å². The van der Waals surface area contributed by atoms with Crippen LogP contribution in [-0.4, -0.2) is 28.8 Å². The zero-order valence-corrected chi connectivity index (χ0v) is 16.3. The van der Waals surface area contributed by atoms with Crippen LogP contribution in [0.15, 0.2) is 71.5 Å². The molecule has 0 unspecified atom stereocenters. The van der Waals surface area contributed by atoms with Gasteiger partial charge in [-0.15, -0.1) is 0 Å². The summed E-state index contributed by atoms with van der Waals surface area (Å²) in [5.74, 6) is -0.289. The van der Waals surface area contributed by atoms with Crippen molar-refractivity contribution in [1.82, 2.24) is 9.78 Å². The first-order valence-electron chi connectivity index (χ1n) is 9.97. The lowest BCUT2D eigenvalue weighted by Gasteiger charge is -2.28. The second kappa shape index (κ2) is 8.73. The summed E-state index contributed by atoms with van der Waals surface area (Å²) in [4.78, 5) is 26.8. The van der Waals surface area contributed by atoms with Crippen molar-refractivity contribution in [1.29, 1.82) is 0 Å². The zero-order chi connectivity index (χ0) is 20.1. The summed E-state index contributed by atoms with van der Waals surface area (Å²) in [6.45, 7) is 2.06. The number of benzene rings is 2. The number of para-hydroxylation sites is 1. The van der Waals surface area contributed by atoms with Crippen LogP contribution >= 0.6 is 0 Å². The second-order valence-corrected chi connectivity index (χ2v) is 7.22. The third kappa shape index (κ3) is 4.71. The van der Waals surface area contributed by atoms with E-state index in [1.165, 1.54) is 35.7 Å². The van der Waals surface area contributed by atoms with Crippen molar-refractivity contribution in [3.05, 3.63) is 77.1 Å². The Kier molecular flexibility index (Phi) is 5.70. The van der Waals surface area contributed by atoms with Gasteiger partial charge in [0, 0.05) is 36.1 Å². The first-order chi connectivity index (χ1) is 14.2. The molecule has 1 fully saturated rings. The standard InChI is InChI=1S/C23H24N4O2/c28-22(24-19-7-3-1-4-8-19)17-27-23(29)14-13-21(25-27)18-9-11-20(12-10-18)26-15-5-2-6-16-26/h1,3-4,7-14H,2,5-6,15-17H2,(H,24,28). The van der Waals surface area contributed by atoms with Crippen LogP contribution in [0.3, 0.4) is 0 Å². The molecule has 0 atom stereocenters. The van der Waals surface area contributed by atoms with Crippen LogP contribution in [0.5, 0.6) is 0 Å². The van der Waals surface area contributed by atoms with Crippen LogP contribution in [0.4, 0.5) is 11.4 Å². The second-order valence-electron chi connectivity index (χ2n) is 7.22. The summed E-state index contributed by atoms with van der Waals surface area (Å²) in [6.07, 6.45) is 3.77. The van der Waals surface area contributed by atoms with E-state index in [1.807, 2.05) is 30.3 Å². The van der Waals surface area contributed by atoms with E-state index in [1.54, 1.807) is 18.2 Å². The van der Waals surface area contributed by atoms with Gasteiger partial charge in [0.05, 0.1) is 5.69 Å². The molecule has 0 aliphatic carbocycles. The molecule has 3 aromatic rings. The number of hydrogen-bond donors (Lipinski definition) is 1. The predicted molar refractivity (Wildman–Crippen MR) is 115 cm³/mol. The third-order valence-electron chi connectivity index (χ3n) is 5.10. The number of amides is 1. The number of carbonyl (C=O) groups excluding carboxylic acids is 1. The molecule has 1 aliphatic heterocycles. The molecule has 1 N–H and O–H groups in total. The van der Waals surface area contributed by atoms with Crippen molar-refractivity contribution in [3.63, 3.8) is 0 Å². The van der Waals surface area contributed by atoms with E-state index < -0.39 is 0 Å². The van der Waals surface area contributed by atoms with E-state index in [2.05, 4.69) is 27.4 Å². The first-order valence-corrected chi connectivity index (χ1v) is 9.97. The molecule has 29 heavy (non-hydrogen) atoms. The molecule has 0 spiro atoms. The minimum absolute atomic E-state index is 0.132. The van der Waals surface area contributed by atoms with Crippen molar-refractivity contribution in [2.45, 2.75) is 25.8 Å². The number of nitrogens with zero attached hydrogens (tertiary/aromatic N) is 3. The highest BCUT2D eigenvalue weighted by molar-refractivity contribution is 5.90. The molecule has 1 amide bonds. The highest BCUT2D eigenvalue weighted by Crippen LogP contribution is 2.23. The molecule has 6 heteroatoms. The van der Waals surface area contributed by atoms with Crippen molar-refractivity contribution in [2.75, 3.05) is 23.3 Å². The highest BCUT2D eigenvalue weighted by Gasteiger charge is 2.12. The summed E-state index contributed by atoms with van der Waals surface area (Å²) in [6, 6.07) is 20.5. The minimum Gasteiger partial charge on any atom is -0.372 e. The maximum absolute atomic E-state index is 12.3. The Morgan fingerprint density at radius 2 is 1.62 bits per heavy atom. The van der Waals surface area contributed by atoms with E-state index in [4.69, 9.17) is 0 Å². The van der Waals surface area contributed by atoms with Crippen LogP contribution < -0.4 is 15.8 Å². The first kappa shape index (κ1) is 18.9. The van der Waals surface area contributed by atoms with Gasteiger partial charge < -0.3 is 10.2 Å². The van der Waals surface area contributed by atoms with Crippen LogP contribution in [0, 0.1) is 0 Å². The predicted octanol–water partition coefficient (Wildman–Crippen LogP) is 3.54. The van der Waals surface area contributed by atoms with Crippen molar-refractivity contribution < 1.29 is 4.79 Å². The smallest absolute Gasteiger partial charge is 0.267 e. The minimum atomic E-state index is -0.304. The van der Waals surface area contributed by atoms with Crippen molar-refractivity contribution in [2.24, 2.45) is 0 Å². The van der Waals surface area contributed by atoms with Crippen LogP contribution in [-0.2, 0) is 11.3 Å². The zero-order valence-electron chi connectivity index (χ0n) is 16.3. The van der Waals surface area contributed by atoms with E-state index in [9.17, 15) is 9.59 Å². The van der Waals surface area contributed by atoms with Gasteiger partial charge in [0.1, 0.15) is 6.54 Å².